The van der Waals surface area contributed by atoms with E-state index in [0.717, 1.165) is 5.56 Å². The first-order valence-corrected chi connectivity index (χ1v) is 10.3. The summed E-state index contributed by atoms with van der Waals surface area (Å²) in [6, 6.07) is 10.2. The lowest BCUT2D eigenvalue weighted by Gasteiger charge is -2.45. The van der Waals surface area contributed by atoms with E-state index in [2.05, 4.69) is 26.0 Å². The summed E-state index contributed by atoms with van der Waals surface area (Å²) < 4.78 is 36.4. The SMILES string of the molecule is CO[C@H]1[C@H](O[C@@H]2C(C)O[C@H](C)[C@@H]3O[C@@H]32)O[C@H](C)[C@@H](C)[C@@H]1OCc1ccccc1. The van der Waals surface area contributed by atoms with Crippen molar-refractivity contribution in [2.24, 2.45) is 5.92 Å². The van der Waals surface area contributed by atoms with Gasteiger partial charge >= 0.3 is 0 Å². The van der Waals surface area contributed by atoms with E-state index in [0.29, 0.717) is 6.61 Å². The van der Waals surface area contributed by atoms with Crippen LogP contribution in [0.2, 0.25) is 0 Å². The lowest BCUT2D eigenvalue weighted by molar-refractivity contribution is -0.315. The van der Waals surface area contributed by atoms with Gasteiger partial charge in [0.05, 0.1) is 31.0 Å². The molecule has 1 unspecified atom stereocenters. The van der Waals surface area contributed by atoms with Gasteiger partial charge < -0.3 is 28.4 Å². The monoisotopic (exact) mass is 392 g/mol. The highest BCUT2D eigenvalue weighted by atomic mass is 16.7. The second-order valence-corrected chi connectivity index (χ2v) is 8.24. The topological polar surface area (TPSA) is 58.7 Å². The van der Waals surface area contributed by atoms with Crippen LogP contribution in [0.1, 0.15) is 33.3 Å². The van der Waals surface area contributed by atoms with Crippen LogP contribution in [0.3, 0.4) is 0 Å². The molecule has 0 bridgehead atoms. The molecule has 3 heterocycles. The Morgan fingerprint density at radius 3 is 2.25 bits per heavy atom. The molecule has 0 N–H and O–H groups in total. The Balaban J connectivity index is 1.45. The number of ether oxygens (including phenoxy) is 6. The Morgan fingerprint density at radius 2 is 1.54 bits per heavy atom. The number of hydrogen-bond donors (Lipinski definition) is 0. The molecular formula is C22H32O6. The molecule has 0 amide bonds. The van der Waals surface area contributed by atoms with Crippen molar-refractivity contribution in [1.29, 1.82) is 0 Å². The molecule has 6 heteroatoms. The van der Waals surface area contributed by atoms with E-state index in [1.807, 2.05) is 32.0 Å². The molecule has 6 nitrogen and oxygen atoms in total. The molecule has 0 saturated carbocycles. The van der Waals surface area contributed by atoms with Gasteiger partial charge in [-0.05, 0) is 26.3 Å². The normalized spacial score (nSPS) is 45.5. The summed E-state index contributed by atoms with van der Waals surface area (Å²) in [6.45, 7) is 8.80. The Morgan fingerprint density at radius 1 is 0.786 bits per heavy atom. The minimum absolute atomic E-state index is 0.00756. The second kappa shape index (κ2) is 8.38. The molecule has 0 radical (unpaired) electrons. The van der Waals surface area contributed by atoms with Gasteiger partial charge in [0.1, 0.15) is 24.4 Å². The molecule has 3 fully saturated rings. The predicted octanol–water partition coefficient (Wildman–Crippen LogP) is 2.93. The fourth-order valence-corrected chi connectivity index (χ4v) is 4.38. The summed E-state index contributed by atoms with van der Waals surface area (Å²) in [5, 5.41) is 0. The average molecular weight is 392 g/mol. The van der Waals surface area contributed by atoms with E-state index in [1.165, 1.54) is 0 Å². The number of benzene rings is 1. The maximum atomic E-state index is 6.37. The van der Waals surface area contributed by atoms with Crippen molar-refractivity contribution in [2.75, 3.05) is 7.11 Å². The smallest absolute Gasteiger partial charge is 0.187 e. The van der Waals surface area contributed by atoms with Crippen LogP contribution in [0, 0.1) is 5.92 Å². The molecule has 28 heavy (non-hydrogen) atoms. The van der Waals surface area contributed by atoms with Gasteiger partial charge in [-0.2, -0.15) is 0 Å². The highest BCUT2D eigenvalue weighted by Crippen LogP contribution is 2.41. The van der Waals surface area contributed by atoms with Gasteiger partial charge in [0.15, 0.2) is 6.29 Å². The molecular weight excluding hydrogens is 360 g/mol. The molecule has 4 rings (SSSR count). The third-order valence-corrected chi connectivity index (χ3v) is 6.29. The molecule has 0 aromatic heterocycles. The minimum Gasteiger partial charge on any atom is -0.373 e. The number of hydrogen-bond acceptors (Lipinski definition) is 6. The predicted molar refractivity (Wildman–Crippen MR) is 103 cm³/mol. The standard InChI is InChI=1S/C22H32O6/c1-12-13(2)26-22(28-19-15(4)25-14(3)18-20(19)27-18)21(23-5)17(12)24-11-16-9-7-6-8-10-16/h6-10,12-15,17-22H,11H2,1-5H3/t12-,13-,14-,15?,17+,18+,19-,20+,21-,22+/m1/s1. The largest absolute Gasteiger partial charge is 0.373 e. The third kappa shape index (κ3) is 3.99. The van der Waals surface area contributed by atoms with E-state index in [-0.39, 0.29) is 54.7 Å². The average Bonchev–Trinajstić information content (AvgIpc) is 3.48. The first-order chi connectivity index (χ1) is 13.5. The summed E-state index contributed by atoms with van der Waals surface area (Å²) >= 11 is 0. The fourth-order valence-electron chi connectivity index (χ4n) is 4.38. The molecule has 3 aliphatic rings. The van der Waals surface area contributed by atoms with Crippen molar-refractivity contribution in [3.63, 3.8) is 0 Å². The number of methoxy groups -OCH3 is 1. The van der Waals surface area contributed by atoms with Crippen LogP contribution >= 0.6 is 0 Å². The zero-order chi connectivity index (χ0) is 19.8. The van der Waals surface area contributed by atoms with Gasteiger partial charge in [-0.3, -0.25) is 0 Å². The highest BCUT2D eigenvalue weighted by Gasteiger charge is 2.57. The quantitative estimate of drug-likeness (QED) is 0.694. The number of epoxide rings is 1. The zero-order valence-corrected chi connectivity index (χ0v) is 17.3. The summed E-state index contributed by atoms with van der Waals surface area (Å²) in [7, 11) is 1.69. The summed E-state index contributed by atoms with van der Waals surface area (Å²) in [5.74, 6) is 0.179. The molecule has 0 aliphatic carbocycles. The number of fused-ring (bicyclic) bond motifs is 1. The molecule has 156 valence electrons. The van der Waals surface area contributed by atoms with E-state index < -0.39 is 6.29 Å². The van der Waals surface area contributed by atoms with Crippen LogP contribution < -0.4 is 0 Å². The van der Waals surface area contributed by atoms with Crippen molar-refractivity contribution in [3.8, 4) is 0 Å². The molecule has 1 aromatic carbocycles. The first kappa shape index (κ1) is 20.3. The van der Waals surface area contributed by atoms with Gasteiger partial charge in [0.2, 0.25) is 0 Å². The number of rotatable bonds is 6. The summed E-state index contributed by atoms with van der Waals surface area (Å²) in [6.07, 6.45) is -0.917. The Bertz CT molecular complexity index is 637. The Hall–Kier alpha value is -1.02. The van der Waals surface area contributed by atoms with E-state index >= 15 is 0 Å². The van der Waals surface area contributed by atoms with Crippen LogP contribution in [0.5, 0.6) is 0 Å². The van der Waals surface area contributed by atoms with Crippen LogP contribution in [-0.2, 0) is 35.0 Å². The summed E-state index contributed by atoms with van der Waals surface area (Å²) in [5.41, 5.74) is 1.14. The molecule has 0 spiro atoms. The molecule has 3 aliphatic heterocycles. The van der Waals surface area contributed by atoms with Gasteiger partial charge in [0, 0.05) is 13.0 Å². The van der Waals surface area contributed by atoms with Crippen LogP contribution in [0.25, 0.3) is 0 Å². The van der Waals surface area contributed by atoms with Crippen LogP contribution in [0.15, 0.2) is 30.3 Å². The maximum Gasteiger partial charge on any atom is 0.187 e. The fraction of sp³-hybridized carbons (Fsp3) is 0.727. The lowest BCUT2D eigenvalue weighted by Crippen LogP contribution is -2.58. The van der Waals surface area contributed by atoms with Crippen molar-refractivity contribution in [3.05, 3.63) is 35.9 Å². The second-order valence-electron chi connectivity index (χ2n) is 8.24. The minimum atomic E-state index is -0.522. The lowest BCUT2D eigenvalue weighted by atomic mass is 9.91. The van der Waals surface area contributed by atoms with Crippen molar-refractivity contribution < 1.29 is 28.4 Å². The van der Waals surface area contributed by atoms with Gasteiger partial charge in [-0.1, -0.05) is 37.3 Å². The van der Waals surface area contributed by atoms with Gasteiger partial charge in [0.25, 0.3) is 0 Å². The van der Waals surface area contributed by atoms with Crippen molar-refractivity contribution in [2.45, 2.75) is 89.4 Å². The maximum absolute atomic E-state index is 6.37. The third-order valence-electron chi connectivity index (χ3n) is 6.29. The van der Waals surface area contributed by atoms with E-state index in [9.17, 15) is 0 Å². The van der Waals surface area contributed by atoms with E-state index in [4.69, 9.17) is 28.4 Å². The zero-order valence-electron chi connectivity index (χ0n) is 17.3. The Kier molecular flexibility index (Phi) is 6.06. The highest BCUT2D eigenvalue weighted by molar-refractivity contribution is 5.13. The molecule has 3 saturated heterocycles. The van der Waals surface area contributed by atoms with Crippen LogP contribution in [-0.4, -0.2) is 62.2 Å². The van der Waals surface area contributed by atoms with Gasteiger partial charge in [-0.25, -0.2) is 0 Å². The molecule has 10 atom stereocenters. The Labute approximate surface area is 167 Å². The van der Waals surface area contributed by atoms with Gasteiger partial charge in [-0.15, -0.1) is 0 Å². The van der Waals surface area contributed by atoms with Crippen LogP contribution in [0.4, 0.5) is 0 Å². The van der Waals surface area contributed by atoms with Crippen molar-refractivity contribution >= 4 is 0 Å². The van der Waals surface area contributed by atoms with Crippen molar-refractivity contribution in [1.82, 2.24) is 0 Å². The summed E-state index contributed by atoms with van der Waals surface area (Å²) in [4.78, 5) is 0. The first-order valence-electron chi connectivity index (χ1n) is 10.3. The van der Waals surface area contributed by atoms with E-state index in [1.54, 1.807) is 7.11 Å². The molecule has 1 aromatic rings.